The summed E-state index contributed by atoms with van der Waals surface area (Å²) in [5, 5.41) is 5.42. The number of carbonyl (C=O) groups excluding carboxylic acids is 1. The van der Waals surface area contributed by atoms with Crippen LogP contribution in [-0.4, -0.2) is 25.5 Å². The molecule has 0 spiro atoms. The molecule has 1 aromatic carbocycles. The maximum absolute atomic E-state index is 13.3. The fourth-order valence-electron chi connectivity index (χ4n) is 4.05. The molecule has 5 aromatic rings. The summed E-state index contributed by atoms with van der Waals surface area (Å²) >= 11 is 1.64. The van der Waals surface area contributed by atoms with Crippen molar-refractivity contribution in [1.29, 1.82) is 0 Å². The lowest BCUT2D eigenvalue weighted by molar-refractivity contribution is 0.0965. The summed E-state index contributed by atoms with van der Waals surface area (Å²) in [6.07, 6.45) is 2.63. The number of nitrogens with one attached hydrogen (secondary N) is 1. The highest BCUT2D eigenvalue weighted by Crippen LogP contribution is 2.36. The smallest absolute Gasteiger partial charge is 0.325 e. The number of carbonyl (C=O) groups is 1. The highest BCUT2D eigenvalue weighted by atomic mass is 32.1. The normalized spacial score (nSPS) is 16.6. The van der Waals surface area contributed by atoms with E-state index in [1.807, 2.05) is 35.7 Å². The molecule has 6 rings (SSSR count). The lowest BCUT2D eigenvalue weighted by atomic mass is 9.82. The first kappa shape index (κ1) is 16.4. The van der Waals surface area contributed by atoms with Gasteiger partial charge >= 0.3 is 6.01 Å². The zero-order valence-electron chi connectivity index (χ0n) is 15.1. The Morgan fingerprint density at radius 1 is 1.14 bits per heavy atom. The van der Waals surface area contributed by atoms with Gasteiger partial charge in [0.1, 0.15) is 5.52 Å². The number of benzene rings is 1. The van der Waals surface area contributed by atoms with Crippen molar-refractivity contribution >= 4 is 39.3 Å². The van der Waals surface area contributed by atoms with Crippen LogP contribution in [-0.2, 0) is 6.42 Å². The second kappa shape index (κ2) is 5.99. The molecule has 0 fully saturated rings. The predicted octanol–water partition coefficient (Wildman–Crippen LogP) is 3.83. The summed E-state index contributed by atoms with van der Waals surface area (Å²) in [5.41, 5.74) is 2.66. The molecule has 4 aromatic heterocycles. The Morgan fingerprint density at radius 3 is 2.86 bits per heavy atom. The monoisotopic (exact) mass is 402 g/mol. The Hall–Kier alpha value is -3.52. The zero-order chi connectivity index (χ0) is 19.5. The number of fused-ring (bicyclic) bond motifs is 4. The molecular formula is C21H14N4O3S. The minimum Gasteiger partial charge on any atom is -0.422 e. The van der Waals surface area contributed by atoms with Crippen molar-refractivity contribution in [2.45, 2.75) is 18.8 Å². The number of aromatic nitrogens is 4. The Bertz CT molecular complexity index is 1430. The second-order valence-corrected chi connectivity index (χ2v) is 8.11. The third-order valence-corrected chi connectivity index (χ3v) is 6.46. The van der Waals surface area contributed by atoms with Crippen molar-refractivity contribution in [3.8, 4) is 6.01 Å². The molecule has 7 nitrogen and oxygen atoms in total. The SMILES string of the molecule is O=C1C[C@@H](c2cccs2)Cc2c1cnc1[nH]n(-c3nc4ccccc4o3)c(=O)c21. The Labute approximate surface area is 167 Å². The lowest BCUT2D eigenvalue weighted by Crippen LogP contribution is -2.21. The van der Waals surface area contributed by atoms with Gasteiger partial charge in [-0.2, -0.15) is 9.67 Å². The van der Waals surface area contributed by atoms with Crippen LogP contribution < -0.4 is 5.56 Å². The van der Waals surface area contributed by atoms with Gasteiger partial charge in [0, 0.05) is 29.0 Å². The molecule has 1 aliphatic rings. The summed E-state index contributed by atoms with van der Waals surface area (Å²) in [4.78, 5) is 35.9. The van der Waals surface area contributed by atoms with Crippen LogP contribution in [0.1, 0.15) is 33.1 Å². The summed E-state index contributed by atoms with van der Waals surface area (Å²) in [6.45, 7) is 0. The topological polar surface area (TPSA) is 93.8 Å². The Balaban J connectivity index is 1.55. The third-order valence-electron chi connectivity index (χ3n) is 5.42. The molecule has 142 valence electrons. The van der Waals surface area contributed by atoms with Gasteiger partial charge in [0.2, 0.25) is 0 Å². The fraction of sp³-hybridized carbons (Fsp3) is 0.143. The number of nitrogens with zero attached hydrogens (tertiary/aromatic N) is 3. The van der Waals surface area contributed by atoms with E-state index >= 15 is 0 Å². The van der Waals surface area contributed by atoms with Crippen LogP contribution in [0.5, 0.6) is 0 Å². The highest BCUT2D eigenvalue weighted by molar-refractivity contribution is 7.10. The van der Waals surface area contributed by atoms with Gasteiger partial charge in [-0.15, -0.1) is 11.3 Å². The number of H-pyrrole nitrogens is 1. The molecular weight excluding hydrogens is 388 g/mol. The van der Waals surface area contributed by atoms with Crippen LogP contribution >= 0.6 is 11.3 Å². The second-order valence-electron chi connectivity index (χ2n) is 7.13. The number of para-hydroxylation sites is 2. The van der Waals surface area contributed by atoms with Crippen molar-refractivity contribution in [2.24, 2.45) is 0 Å². The van der Waals surface area contributed by atoms with Gasteiger partial charge in [-0.05, 0) is 35.6 Å². The molecule has 8 heteroatoms. The van der Waals surface area contributed by atoms with Gasteiger partial charge in [0.05, 0.1) is 5.39 Å². The van der Waals surface area contributed by atoms with Crippen molar-refractivity contribution in [3.05, 3.63) is 74.3 Å². The van der Waals surface area contributed by atoms with E-state index in [-0.39, 0.29) is 23.3 Å². The van der Waals surface area contributed by atoms with E-state index in [9.17, 15) is 9.59 Å². The van der Waals surface area contributed by atoms with Crippen LogP contribution in [0.2, 0.25) is 0 Å². The maximum Gasteiger partial charge on any atom is 0.325 e. The molecule has 0 unspecified atom stereocenters. The molecule has 0 aliphatic heterocycles. The number of oxazole rings is 1. The van der Waals surface area contributed by atoms with Gasteiger partial charge in [0.25, 0.3) is 5.56 Å². The van der Waals surface area contributed by atoms with Crippen LogP contribution in [0.25, 0.3) is 28.1 Å². The Morgan fingerprint density at radius 2 is 2.03 bits per heavy atom. The first-order chi connectivity index (χ1) is 14.2. The largest absolute Gasteiger partial charge is 0.422 e. The standard InChI is InChI=1S/C21H14N4O3S/c26-15-9-11(17-6-3-7-29-17)8-12-13(15)10-22-19-18(12)20(27)25(24-19)21-23-14-4-1-2-5-16(14)28-21/h1-7,10-11H,8-9H2,(H,22,24)/t11-/m0/s1. The summed E-state index contributed by atoms with van der Waals surface area (Å²) in [5.74, 6) is 0.0979. The predicted molar refractivity (Wildman–Crippen MR) is 109 cm³/mol. The first-order valence-corrected chi connectivity index (χ1v) is 10.1. The van der Waals surface area contributed by atoms with Crippen molar-refractivity contribution < 1.29 is 9.21 Å². The Kier molecular flexibility index (Phi) is 3.39. The molecule has 4 heterocycles. The summed E-state index contributed by atoms with van der Waals surface area (Å²) < 4.78 is 7.00. The summed E-state index contributed by atoms with van der Waals surface area (Å²) in [6, 6.07) is 11.5. The quantitative estimate of drug-likeness (QED) is 0.484. The molecule has 0 saturated carbocycles. The summed E-state index contributed by atoms with van der Waals surface area (Å²) in [7, 11) is 0. The number of pyridine rings is 1. The van der Waals surface area contributed by atoms with Crippen molar-refractivity contribution in [3.63, 3.8) is 0 Å². The fourth-order valence-corrected chi connectivity index (χ4v) is 4.88. The van der Waals surface area contributed by atoms with Crippen LogP contribution in [0.3, 0.4) is 0 Å². The van der Waals surface area contributed by atoms with Crippen molar-refractivity contribution in [1.82, 2.24) is 19.7 Å². The van der Waals surface area contributed by atoms with Gasteiger partial charge in [-0.25, -0.2) is 4.98 Å². The zero-order valence-corrected chi connectivity index (χ0v) is 15.9. The number of hydrogen-bond acceptors (Lipinski definition) is 6. The average molecular weight is 402 g/mol. The number of hydrogen-bond donors (Lipinski definition) is 1. The van der Waals surface area contributed by atoms with E-state index in [2.05, 4.69) is 15.1 Å². The van der Waals surface area contributed by atoms with Crippen molar-refractivity contribution in [2.75, 3.05) is 0 Å². The number of aromatic amines is 1. The van der Waals surface area contributed by atoms with E-state index in [4.69, 9.17) is 4.42 Å². The molecule has 1 N–H and O–H groups in total. The minimum absolute atomic E-state index is 0.0214. The number of Topliss-reactive ketones (excluding diaryl/α,β-unsaturated/α-hetero) is 1. The van der Waals surface area contributed by atoms with Gasteiger partial charge < -0.3 is 4.42 Å². The molecule has 0 amide bonds. The van der Waals surface area contributed by atoms with Gasteiger partial charge in [-0.3, -0.25) is 14.7 Å². The van der Waals surface area contributed by atoms with Crippen LogP contribution in [0.15, 0.2) is 57.2 Å². The van der Waals surface area contributed by atoms with E-state index < -0.39 is 0 Å². The van der Waals surface area contributed by atoms with E-state index in [1.54, 1.807) is 23.6 Å². The van der Waals surface area contributed by atoms with E-state index in [1.165, 1.54) is 4.68 Å². The lowest BCUT2D eigenvalue weighted by Gasteiger charge is -2.22. The maximum atomic E-state index is 13.3. The highest BCUT2D eigenvalue weighted by Gasteiger charge is 2.31. The molecule has 0 radical (unpaired) electrons. The molecule has 1 atom stereocenters. The van der Waals surface area contributed by atoms with Crippen LogP contribution in [0.4, 0.5) is 0 Å². The third kappa shape index (κ3) is 2.42. The van der Waals surface area contributed by atoms with E-state index in [0.29, 0.717) is 40.5 Å². The average Bonchev–Trinajstić information content (AvgIpc) is 3.46. The molecule has 0 saturated heterocycles. The first-order valence-electron chi connectivity index (χ1n) is 9.24. The number of rotatable bonds is 2. The molecule has 29 heavy (non-hydrogen) atoms. The van der Waals surface area contributed by atoms with Gasteiger partial charge in [-0.1, -0.05) is 18.2 Å². The van der Waals surface area contributed by atoms with Gasteiger partial charge in [0.15, 0.2) is 17.0 Å². The molecule has 0 bridgehead atoms. The van der Waals surface area contributed by atoms with Crippen LogP contribution in [0, 0.1) is 0 Å². The number of thiophene rings is 1. The van der Waals surface area contributed by atoms with E-state index in [0.717, 1.165) is 10.4 Å². The number of ketones is 1. The molecule has 1 aliphatic carbocycles. The minimum atomic E-state index is -0.310.